The molecule has 0 aliphatic carbocycles. The normalized spacial score (nSPS) is 13.7. The number of hydrogen-bond donors (Lipinski definition) is 0. The lowest BCUT2D eigenvalue weighted by molar-refractivity contribution is 0.234. The van der Waals surface area contributed by atoms with Gasteiger partial charge in [-0.05, 0) is 30.7 Å². The predicted molar refractivity (Wildman–Crippen MR) is 86.4 cm³/mol. The summed E-state index contributed by atoms with van der Waals surface area (Å²) in [6, 6.07) is 11.6. The summed E-state index contributed by atoms with van der Waals surface area (Å²) in [6.45, 7) is 1.60. The van der Waals surface area contributed by atoms with Gasteiger partial charge in [-0.1, -0.05) is 29.3 Å². The minimum Gasteiger partial charge on any atom is -0.465 e. The molecule has 2 aromatic carbocycles. The van der Waals surface area contributed by atoms with Crippen LogP contribution in [0.25, 0.3) is 11.0 Å². The molecule has 22 heavy (non-hydrogen) atoms. The van der Waals surface area contributed by atoms with Crippen LogP contribution in [0.2, 0.25) is 10.0 Å². The molecule has 1 aromatic heterocycles. The Morgan fingerprint density at radius 2 is 1.95 bits per heavy atom. The van der Waals surface area contributed by atoms with Crippen molar-refractivity contribution in [1.82, 2.24) is 9.55 Å². The Hall–Kier alpha value is -1.91. The average molecular weight is 335 g/mol. The Morgan fingerprint density at radius 3 is 2.77 bits per heavy atom. The Balaban J connectivity index is 1.76. The topological polar surface area (TPSA) is 36.3 Å². The van der Waals surface area contributed by atoms with E-state index in [-0.39, 0.29) is 0 Å². The summed E-state index contributed by atoms with van der Waals surface area (Å²) in [5.74, 6) is 1.12. The maximum atomic E-state index is 6.14. The van der Waals surface area contributed by atoms with Crippen LogP contribution in [0.4, 0.5) is 0 Å². The van der Waals surface area contributed by atoms with Crippen molar-refractivity contribution in [2.75, 3.05) is 6.61 Å². The molecule has 6 heteroatoms. The fourth-order valence-electron chi connectivity index (χ4n) is 2.55. The summed E-state index contributed by atoms with van der Waals surface area (Å²) >= 11 is 12.3. The van der Waals surface area contributed by atoms with E-state index in [0.29, 0.717) is 34.2 Å². The van der Waals surface area contributed by atoms with Gasteiger partial charge in [0.05, 0.1) is 27.7 Å². The largest absolute Gasteiger partial charge is 0.465 e. The lowest BCUT2D eigenvalue weighted by Gasteiger charge is -2.15. The number of para-hydroxylation sites is 1. The first-order valence-electron chi connectivity index (χ1n) is 6.97. The summed E-state index contributed by atoms with van der Waals surface area (Å²) in [4.78, 5) is 4.47. The zero-order valence-electron chi connectivity index (χ0n) is 11.6. The molecular weight excluding hydrogens is 323 g/mol. The second kappa shape index (κ2) is 5.38. The van der Waals surface area contributed by atoms with Crippen LogP contribution < -0.4 is 9.47 Å². The lowest BCUT2D eigenvalue weighted by atomic mass is 10.3. The zero-order chi connectivity index (χ0) is 15.1. The molecule has 0 spiro atoms. The highest BCUT2D eigenvalue weighted by Gasteiger charge is 2.17. The minimum atomic E-state index is 0.458. The highest BCUT2D eigenvalue weighted by Crippen LogP contribution is 2.37. The molecule has 0 saturated carbocycles. The highest BCUT2D eigenvalue weighted by atomic mass is 35.5. The Morgan fingerprint density at radius 1 is 1.14 bits per heavy atom. The average Bonchev–Trinajstić information content (AvgIpc) is 2.89. The van der Waals surface area contributed by atoms with Gasteiger partial charge in [0.1, 0.15) is 5.75 Å². The second-order valence-corrected chi connectivity index (χ2v) is 5.87. The molecule has 3 aromatic rings. The molecule has 4 nitrogen and oxygen atoms in total. The van der Waals surface area contributed by atoms with Gasteiger partial charge in [0.25, 0.3) is 6.01 Å². The number of fused-ring (bicyclic) bond motifs is 3. The molecule has 112 valence electrons. The van der Waals surface area contributed by atoms with E-state index in [9.17, 15) is 0 Å². The van der Waals surface area contributed by atoms with E-state index in [1.807, 2.05) is 18.2 Å². The fourth-order valence-corrected chi connectivity index (χ4v) is 3.03. The van der Waals surface area contributed by atoms with E-state index in [2.05, 4.69) is 9.55 Å². The third kappa shape index (κ3) is 2.28. The van der Waals surface area contributed by atoms with E-state index in [1.54, 1.807) is 18.2 Å². The first-order valence-corrected chi connectivity index (χ1v) is 7.73. The summed E-state index contributed by atoms with van der Waals surface area (Å²) in [6.07, 6.45) is 0.972. The molecule has 0 radical (unpaired) electrons. The summed E-state index contributed by atoms with van der Waals surface area (Å²) in [5.41, 5.74) is 1.87. The van der Waals surface area contributed by atoms with Crippen molar-refractivity contribution in [2.45, 2.75) is 13.0 Å². The third-order valence-electron chi connectivity index (χ3n) is 3.58. The molecule has 0 N–H and O–H groups in total. The van der Waals surface area contributed by atoms with Crippen LogP contribution in [0, 0.1) is 0 Å². The van der Waals surface area contributed by atoms with Crippen molar-refractivity contribution in [1.29, 1.82) is 0 Å². The summed E-state index contributed by atoms with van der Waals surface area (Å²) in [7, 11) is 0. The first kappa shape index (κ1) is 13.7. The van der Waals surface area contributed by atoms with Gasteiger partial charge in [0.15, 0.2) is 5.75 Å². The number of ether oxygens (including phenoxy) is 2. The van der Waals surface area contributed by atoms with Crippen LogP contribution in [0.5, 0.6) is 17.5 Å². The number of imidazole rings is 1. The number of halogens is 2. The summed E-state index contributed by atoms with van der Waals surface area (Å²) in [5, 5.41) is 0.956. The van der Waals surface area contributed by atoms with Gasteiger partial charge >= 0.3 is 0 Å². The zero-order valence-corrected chi connectivity index (χ0v) is 13.1. The van der Waals surface area contributed by atoms with E-state index >= 15 is 0 Å². The van der Waals surface area contributed by atoms with Gasteiger partial charge in [-0.25, -0.2) is 0 Å². The van der Waals surface area contributed by atoms with Crippen LogP contribution in [-0.2, 0) is 6.54 Å². The third-order valence-corrected chi connectivity index (χ3v) is 4.18. The molecular formula is C16H12Cl2N2O2. The van der Waals surface area contributed by atoms with Gasteiger partial charge in [0.2, 0.25) is 0 Å². The molecule has 0 unspecified atom stereocenters. The fraction of sp³-hybridized carbons (Fsp3) is 0.188. The number of aryl methyl sites for hydroxylation is 1. The van der Waals surface area contributed by atoms with E-state index in [4.69, 9.17) is 32.7 Å². The van der Waals surface area contributed by atoms with Crippen molar-refractivity contribution in [3.8, 4) is 17.5 Å². The van der Waals surface area contributed by atoms with Gasteiger partial charge in [-0.15, -0.1) is 0 Å². The van der Waals surface area contributed by atoms with Gasteiger partial charge < -0.3 is 9.47 Å². The van der Waals surface area contributed by atoms with Crippen molar-refractivity contribution in [3.63, 3.8) is 0 Å². The smallest absolute Gasteiger partial charge is 0.297 e. The molecule has 4 rings (SSSR count). The number of nitrogens with zero attached hydrogens (tertiary/aromatic N) is 2. The van der Waals surface area contributed by atoms with E-state index in [1.165, 1.54) is 0 Å². The Kier molecular flexibility index (Phi) is 3.36. The molecule has 0 amide bonds. The number of rotatable bonds is 2. The number of benzene rings is 2. The maximum absolute atomic E-state index is 6.14. The monoisotopic (exact) mass is 334 g/mol. The number of hydrogen-bond acceptors (Lipinski definition) is 3. The molecule has 1 aliphatic heterocycles. The standard InChI is InChI=1S/C16H12Cl2N2O2/c17-11-3-1-4-12(18)15(11)22-10-5-6-13-14(9-10)20-7-2-8-21-16(20)19-13/h1,3-6,9H,2,7-8H2. The van der Waals surface area contributed by atoms with Crippen LogP contribution >= 0.6 is 23.2 Å². The van der Waals surface area contributed by atoms with E-state index in [0.717, 1.165) is 24.0 Å². The quantitative estimate of drug-likeness (QED) is 0.667. The number of aromatic nitrogens is 2. The van der Waals surface area contributed by atoms with Gasteiger partial charge in [0, 0.05) is 12.6 Å². The Bertz CT molecular complexity index is 840. The van der Waals surface area contributed by atoms with Crippen molar-refractivity contribution >= 4 is 34.2 Å². The van der Waals surface area contributed by atoms with Crippen molar-refractivity contribution < 1.29 is 9.47 Å². The molecule has 2 heterocycles. The van der Waals surface area contributed by atoms with Crippen LogP contribution in [0.15, 0.2) is 36.4 Å². The SMILES string of the molecule is Clc1cccc(Cl)c1Oc1ccc2nc3n(c2c1)CCCO3. The molecule has 0 bridgehead atoms. The van der Waals surface area contributed by atoms with Gasteiger partial charge in [-0.2, -0.15) is 4.98 Å². The van der Waals surface area contributed by atoms with Crippen LogP contribution in [0.3, 0.4) is 0 Å². The first-order chi connectivity index (χ1) is 10.7. The molecule has 0 saturated heterocycles. The predicted octanol–water partition coefficient (Wildman–Crippen LogP) is 4.92. The molecule has 1 aliphatic rings. The van der Waals surface area contributed by atoms with Crippen LogP contribution in [0.1, 0.15) is 6.42 Å². The van der Waals surface area contributed by atoms with E-state index < -0.39 is 0 Å². The van der Waals surface area contributed by atoms with Crippen molar-refractivity contribution in [2.24, 2.45) is 0 Å². The summed E-state index contributed by atoms with van der Waals surface area (Å²) < 4.78 is 13.5. The minimum absolute atomic E-state index is 0.458. The lowest BCUT2D eigenvalue weighted by Crippen LogP contribution is -2.13. The Labute approximate surface area is 137 Å². The highest BCUT2D eigenvalue weighted by molar-refractivity contribution is 6.37. The molecule has 0 fully saturated rings. The van der Waals surface area contributed by atoms with Crippen LogP contribution in [-0.4, -0.2) is 16.2 Å². The van der Waals surface area contributed by atoms with Crippen molar-refractivity contribution in [3.05, 3.63) is 46.4 Å². The second-order valence-electron chi connectivity index (χ2n) is 5.05. The molecule has 0 atom stereocenters. The van der Waals surface area contributed by atoms with Gasteiger partial charge in [-0.3, -0.25) is 4.57 Å². The maximum Gasteiger partial charge on any atom is 0.297 e.